The Morgan fingerprint density at radius 2 is 1.76 bits per heavy atom. The van der Waals surface area contributed by atoms with Crippen molar-refractivity contribution < 1.29 is 32.2 Å². The zero-order valence-electron chi connectivity index (χ0n) is 17.0. The van der Waals surface area contributed by atoms with Crippen molar-refractivity contribution in [3.05, 3.63) is 35.4 Å². The van der Waals surface area contributed by atoms with Gasteiger partial charge in [0.25, 0.3) is 0 Å². The Kier molecular flexibility index (Phi) is 7.15. The third-order valence-corrected chi connectivity index (χ3v) is 4.54. The van der Waals surface area contributed by atoms with Crippen molar-refractivity contribution in [1.29, 1.82) is 0 Å². The quantitative estimate of drug-likeness (QED) is 0.755. The molecule has 0 unspecified atom stereocenters. The van der Waals surface area contributed by atoms with Crippen molar-refractivity contribution in [2.45, 2.75) is 64.0 Å². The van der Waals surface area contributed by atoms with Crippen LogP contribution in [0.5, 0.6) is 0 Å². The number of ether oxygens (including phenoxy) is 2. The zero-order chi connectivity index (χ0) is 21.8. The van der Waals surface area contributed by atoms with Crippen molar-refractivity contribution in [3.63, 3.8) is 0 Å². The van der Waals surface area contributed by atoms with Crippen LogP contribution in [0.4, 0.5) is 18.0 Å². The topological polar surface area (TPSA) is 67.9 Å². The first-order chi connectivity index (χ1) is 13.4. The number of amides is 1. The van der Waals surface area contributed by atoms with E-state index in [1.165, 1.54) is 24.1 Å². The highest BCUT2D eigenvalue weighted by atomic mass is 19.4. The van der Waals surface area contributed by atoms with Gasteiger partial charge in [0.15, 0.2) is 0 Å². The summed E-state index contributed by atoms with van der Waals surface area (Å²) in [6, 6.07) is 4.20. The lowest BCUT2D eigenvalue weighted by Gasteiger charge is -2.40. The van der Waals surface area contributed by atoms with Crippen molar-refractivity contribution >= 4 is 12.1 Å². The molecule has 0 spiro atoms. The van der Waals surface area contributed by atoms with E-state index in [0.29, 0.717) is 11.1 Å². The number of hydrogen-bond acceptors (Lipinski definition) is 5. The maximum Gasteiger partial charge on any atom is 0.407 e. The number of benzene rings is 1. The zero-order valence-corrected chi connectivity index (χ0v) is 17.0. The summed E-state index contributed by atoms with van der Waals surface area (Å²) in [4.78, 5) is 24.8. The Balaban J connectivity index is 2.09. The Morgan fingerprint density at radius 3 is 2.28 bits per heavy atom. The maximum absolute atomic E-state index is 13.5. The van der Waals surface area contributed by atoms with Gasteiger partial charge >= 0.3 is 18.2 Å². The van der Waals surface area contributed by atoms with E-state index in [0.717, 1.165) is 0 Å². The van der Waals surface area contributed by atoms with Crippen molar-refractivity contribution in [2.24, 2.45) is 0 Å². The predicted octanol–water partition coefficient (Wildman–Crippen LogP) is 3.89. The van der Waals surface area contributed by atoms with Gasteiger partial charge in [-0.25, -0.2) is 9.59 Å². The van der Waals surface area contributed by atoms with E-state index in [-0.39, 0.29) is 25.9 Å². The van der Waals surface area contributed by atoms with E-state index in [1.807, 2.05) is 0 Å². The molecule has 1 heterocycles. The summed E-state index contributed by atoms with van der Waals surface area (Å²) in [6.45, 7) is 5.24. The Labute approximate surface area is 168 Å². The summed E-state index contributed by atoms with van der Waals surface area (Å²) < 4.78 is 50.3. The number of alkyl carbamates (subject to hydrolysis) is 1. The molecule has 1 fully saturated rings. The molecule has 0 saturated carbocycles. The van der Waals surface area contributed by atoms with Gasteiger partial charge in [-0.3, -0.25) is 4.90 Å². The van der Waals surface area contributed by atoms with Crippen LogP contribution < -0.4 is 5.32 Å². The highest BCUT2D eigenvalue weighted by Crippen LogP contribution is 2.33. The fourth-order valence-corrected chi connectivity index (χ4v) is 3.28. The molecule has 0 bridgehead atoms. The molecule has 162 valence electrons. The minimum atomic E-state index is -4.37. The fourth-order valence-electron chi connectivity index (χ4n) is 3.28. The molecule has 0 aromatic heterocycles. The SMILES string of the molecule is COC(=O)c1ccc(CN2C[C@@H](NC(=O)OC(C)(C)C)CC[C@H]2C(F)(F)F)cc1. The van der Waals surface area contributed by atoms with E-state index in [9.17, 15) is 22.8 Å². The number of piperidine rings is 1. The van der Waals surface area contributed by atoms with E-state index in [2.05, 4.69) is 10.1 Å². The van der Waals surface area contributed by atoms with Gasteiger partial charge < -0.3 is 14.8 Å². The lowest BCUT2D eigenvalue weighted by atomic mass is 9.97. The lowest BCUT2D eigenvalue weighted by molar-refractivity contribution is -0.194. The highest BCUT2D eigenvalue weighted by Gasteiger charge is 2.46. The van der Waals surface area contributed by atoms with Gasteiger partial charge in [0.05, 0.1) is 12.7 Å². The number of halogens is 3. The van der Waals surface area contributed by atoms with Gasteiger partial charge in [0.1, 0.15) is 11.6 Å². The van der Waals surface area contributed by atoms with E-state index < -0.39 is 35.9 Å². The van der Waals surface area contributed by atoms with Crippen LogP contribution in [0.2, 0.25) is 0 Å². The number of carbonyl (C=O) groups excluding carboxylic acids is 2. The largest absolute Gasteiger partial charge is 0.465 e. The molecule has 2 rings (SSSR count). The lowest BCUT2D eigenvalue weighted by Crippen LogP contribution is -2.56. The molecule has 1 saturated heterocycles. The Bertz CT molecular complexity index is 714. The number of nitrogens with zero attached hydrogens (tertiary/aromatic N) is 1. The number of carbonyl (C=O) groups is 2. The number of alkyl halides is 3. The third kappa shape index (κ3) is 6.92. The number of methoxy groups -OCH3 is 1. The summed E-state index contributed by atoms with van der Waals surface area (Å²) in [7, 11) is 1.26. The first-order valence-electron chi connectivity index (χ1n) is 9.36. The van der Waals surface area contributed by atoms with Gasteiger partial charge in [0, 0.05) is 19.1 Å². The van der Waals surface area contributed by atoms with Crippen LogP contribution >= 0.6 is 0 Å². The number of nitrogens with one attached hydrogen (secondary N) is 1. The fraction of sp³-hybridized carbons (Fsp3) is 0.600. The molecular weight excluding hydrogens is 389 g/mol. The second-order valence-electron chi connectivity index (χ2n) is 8.10. The van der Waals surface area contributed by atoms with Crippen molar-refractivity contribution in [2.75, 3.05) is 13.7 Å². The van der Waals surface area contributed by atoms with E-state index in [1.54, 1.807) is 32.9 Å². The van der Waals surface area contributed by atoms with Crippen LogP contribution in [0.1, 0.15) is 49.5 Å². The Hall–Kier alpha value is -2.29. The maximum atomic E-state index is 13.5. The predicted molar refractivity (Wildman–Crippen MR) is 100 cm³/mol. The van der Waals surface area contributed by atoms with E-state index >= 15 is 0 Å². The number of esters is 1. The normalized spacial score (nSPS) is 20.8. The molecule has 1 aliphatic rings. The number of likely N-dealkylation sites (tertiary alicyclic amines) is 1. The average Bonchev–Trinajstić information content (AvgIpc) is 2.59. The van der Waals surface area contributed by atoms with Crippen LogP contribution in [0, 0.1) is 0 Å². The molecule has 1 N–H and O–H groups in total. The molecule has 2 atom stereocenters. The molecule has 0 aliphatic carbocycles. The highest BCUT2D eigenvalue weighted by molar-refractivity contribution is 5.89. The minimum Gasteiger partial charge on any atom is -0.465 e. The van der Waals surface area contributed by atoms with Crippen LogP contribution in [-0.4, -0.2) is 54.5 Å². The van der Waals surface area contributed by atoms with Crippen LogP contribution in [0.25, 0.3) is 0 Å². The van der Waals surface area contributed by atoms with Crippen molar-refractivity contribution in [3.8, 4) is 0 Å². The second kappa shape index (κ2) is 9.02. The van der Waals surface area contributed by atoms with Gasteiger partial charge in [0.2, 0.25) is 0 Å². The molecule has 29 heavy (non-hydrogen) atoms. The first kappa shape index (κ1) is 23.0. The molecule has 1 amide bonds. The minimum absolute atomic E-state index is 0.0398. The van der Waals surface area contributed by atoms with Gasteiger partial charge in [-0.2, -0.15) is 13.2 Å². The summed E-state index contributed by atoms with van der Waals surface area (Å²) in [5.74, 6) is -0.510. The van der Waals surface area contributed by atoms with Crippen LogP contribution in [-0.2, 0) is 16.0 Å². The smallest absolute Gasteiger partial charge is 0.407 e. The number of hydrogen-bond donors (Lipinski definition) is 1. The molecule has 0 radical (unpaired) electrons. The Morgan fingerprint density at radius 1 is 1.14 bits per heavy atom. The van der Waals surface area contributed by atoms with Gasteiger partial charge in [-0.05, 0) is 51.3 Å². The molecule has 1 aliphatic heterocycles. The average molecular weight is 416 g/mol. The summed E-state index contributed by atoms with van der Waals surface area (Å²) in [5.41, 5.74) is 0.269. The molecule has 1 aromatic rings. The summed E-state index contributed by atoms with van der Waals surface area (Å²) in [6.07, 6.45) is -4.93. The summed E-state index contributed by atoms with van der Waals surface area (Å²) in [5, 5.41) is 2.66. The monoisotopic (exact) mass is 416 g/mol. The van der Waals surface area contributed by atoms with E-state index in [4.69, 9.17) is 4.74 Å². The molecule has 6 nitrogen and oxygen atoms in total. The number of rotatable bonds is 4. The van der Waals surface area contributed by atoms with Crippen molar-refractivity contribution in [1.82, 2.24) is 10.2 Å². The summed E-state index contributed by atoms with van der Waals surface area (Å²) >= 11 is 0. The molecule has 1 aromatic carbocycles. The van der Waals surface area contributed by atoms with Crippen LogP contribution in [0.15, 0.2) is 24.3 Å². The standard InChI is InChI=1S/C20H27F3N2O4/c1-19(2,3)29-18(27)24-15-9-10-16(20(21,22)23)25(12-15)11-13-5-7-14(8-6-13)17(26)28-4/h5-8,15-16H,9-12H2,1-4H3,(H,24,27)/t15-,16-/m0/s1. The molecule has 9 heteroatoms. The van der Waals surface area contributed by atoms with Gasteiger partial charge in [-0.1, -0.05) is 12.1 Å². The van der Waals surface area contributed by atoms with Crippen LogP contribution in [0.3, 0.4) is 0 Å². The second-order valence-corrected chi connectivity index (χ2v) is 8.10. The van der Waals surface area contributed by atoms with Gasteiger partial charge in [-0.15, -0.1) is 0 Å². The first-order valence-corrected chi connectivity index (χ1v) is 9.36. The third-order valence-electron chi connectivity index (χ3n) is 4.54. The molecular formula is C20H27F3N2O4.